The Hall–Kier alpha value is -4.61. The molecule has 0 atom stereocenters. The monoisotopic (exact) mass is 678 g/mol. The highest BCUT2D eigenvalue weighted by molar-refractivity contribution is 6.44. The lowest BCUT2D eigenvalue weighted by atomic mass is 9.67. The zero-order valence-electron chi connectivity index (χ0n) is 25.8. The second-order valence-electron chi connectivity index (χ2n) is 11.6. The number of nitrogen functional groups attached to an aromatic ring is 4. The zero-order chi connectivity index (χ0) is 33.4. The van der Waals surface area contributed by atoms with Gasteiger partial charge in [0.1, 0.15) is 0 Å². The van der Waals surface area contributed by atoms with E-state index in [1.54, 1.807) is 6.07 Å². The van der Waals surface area contributed by atoms with Gasteiger partial charge in [-0.05, 0) is 77.1 Å². The van der Waals surface area contributed by atoms with E-state index in [4.69, 9.17) is 57.7 Å². The first-order chi connectivity index (χ1) is 22.7. The van der Waals surface area contributed by atoms with E-state index in [-0.39, 0.29) is 5.41 Å². The number of halogens is 3. The molecule has 0 saturated carbocycles. The Balaban J connectivity index is 0.000000207. The van der Waals surface area contributed by atoms with Gasteiger partial charge in [-0.25, -0.2) is 0 Å². The van der Waals surface area contributed by atoms with E-state index < -0.39 is 0 Å². The van der Waals surface area contributed by atoms with Crippen molar-refractivity contribution in [1.82, 2.24) is 0 Å². The number of hydrogen-bond donors (Lipinski definition) is 4. The molecule has 6 aromatic carbocycles. The molecule has 0 heterocycles. The van der Waals surface area contributed by atoms with Crippen LogP contribution in [-0.4, -0.2) is 0 Å². The molecule has 0 radical (unpaired) electrons. The fraction of sp³-hybridized carbons (Fsp3) is 0.100. The van der Waals surface area contributed by atoms with Gasteiger partial charge in [-0.15, -0.1) is 0 Å². The minimum atomic E-state index is -0.232. The van der Waals surface area contributed by atoms with Gasteiger partial charge >= 0.3 is 0 Å². The fourth-order valence-corrected chi connectivity index (χ4v) is 6.57. The lowest BCUT2D eigenvalue weighted by Gasteiger charge is -2.36. The van der Waals surface area contributed by atoms with E-state index in [9.17, 15) is 0 Å². The van der Waals surface area contributed by atoms with Crippen molar-refractivity contribution in [1.29, 1.82) is 0 Å². The zero-order valence-corrected chi connectivity index (χ0v) is 28.1. The molecule has 0 aliphatic carbocycles. The Bertz CT molecular complexity index is 1800. The third-order valence-electron chi connectivity index (χ3n) is 8.36. The Morgan fingerprint density at radius 2 is 0.936 bits per heavy atom. The van der Waals surface area contributed by atoms with Crippen molar-refractivity contribution in [2.45, 2.75) is 24.7 Å². The van der Waals surface area contributed by atoms with Crippen LogP contribution in [0.3, 0.4) is 0 Å². The van der Waals surface area contributed by atoms with E-state index in [1.807, 2.05) is 48.5 Å². The highest BCUT2D eigenvalue weighted by atomic mass is 35.5. The topological polar surface area (TPSA) is 104 Å². The van der Waals surface area contributed by atoms with Crippen molar-refractivity contribution >= 4 is 57.6 Å². The third-order valence-corrected chi connectivity index (χ3v) is 9.50. The van der Waals surface area contributed by atoms with Crippen molar-refractivity contribution in [2.75, 3.05) is 22.9 Å². The van der Waals surface area contributed by atoms with Crippen LogP contribution in [0.4, 0.5) is 22.7 Å². The van der Waals surface area contributed by atoms with Crippen LogP contribution in [0.2, 0.25) is 15.1 Å². The van der Waals surface area contributed by atoms with Crippen LogP contribution in [0.25, 0.3) is 0 Å². The van der Waals surface area contributed by atoms with Crippen LogP contribution < -0.4 is 22.9 Å². The summed E-state index contributed by atoms with van der Waals surface area (Å²) < 4.78 is 0. The van der Waals surface area contributed by atoms with E-state index in [2.05, 4.69) is 84.9 Å². The highest BCUT2D eigenvalue weighted by Crippen LogP contribution is 2.40. The summed E-state index contributed by atoms with van der Waals surface area (Å²) >= 11 is 18.2. The first-order valence-corrected chi connectivity index (χ1v) is 16.3. The summed E-state index contributed by atoms with van der Waals surface area (Å²) in [7, 11) is 0. The fourth-order valence-electron chi connectivity index (χ4n) is 5.85. The molecule has 0 aliphatic heterocycles. The van der Waals surface area contributed by atoms with Gasteiger partial charge in [0.25, 0.3) is 0 Å². The van der Waals surface area contributed by atoms with Gasteiger partial charge in [-0.2, -0.15) is 0 Å². The van der Waals surface area contributed by atoms with Crippen molar-refractivity contribution in [3.63, 3.8) is 0 Å². The number of para-hydroxylation sites is 1. The third kappa shape index (κ3) is 8.22. The van der Waals surface area contributed by atoms with Crippen molar-refractivity contribution < 1.29 is 0 Å². The molecule has 47 heavy (non-hydrogen) atoms. The standard InChI is InChI=1S/C27H26N2.C13H11Cl3N2/c28-25-15-11-23(12-16-25)27(19-21-7-3-1-4-8-21,20-22-9-5-2-6-10-22)24-13-17-26(29)18-14-24;14-9-6-10(15)13(18)8(12(9)16)5-7-3-1-2-4-11(7)17/h1-18H,19-20,28-29H2;1-4,6H,5,17-18H2. The Morgan fingerprint density at radius 3 is 1.40 bits per heavy atom. The molecule has 0 fully saturated rings. The molecule has 238 valence electrons. The number of rotatable bonds is 8. The average Bonchev–Trinajstić information content (AvgIpc) is 3.08. The largest absolute Gasteiger partial charge is 0.399 e. The molecule has 0 spiro atoms. The van der Waals surface area contributed by atoms with Crippen LogP contribution in [0.5, 0.6) is 0 Å². The second-order valence-corrected chi connectivity index (χ2v) is 12.8. The molecule has 4 nitrogen and oxygen atoms in total. The number of anilines is 4. The predicted molar refractivity (Wildman–Crippen MR) is 202 cm³/mol. The minimum absolute atomic E-state index is 0.232. The van der Waals surface area contributed by atoms with Gasteiger partial charge in [-0.1, -0.05) is 138 Å². The van der Waals surface area contributed by atoms with Gasteiger partial charge < -0.3 is 22.9 Å². The first kappa shape index (κ1) is 33.7. The first-order valence-electron chi connectivity index (χ1n) is 15.2. The summed E-state index contributed by atoms with van der Waals surface area (Å²) in [6.07, 6.45) is 2.27. The highest BCUT2D eigenvalue weighted by Gasteiger charge is 2.35. The number of hydrogen-bond acceptors (Lipinski definition) is 4. The molecular formula is C40H37Cl3N4. The molecule has 0 saturated heterocycles. The van der Waals surface area contributed by atoms with Crippen LogP contribution >= 0.6 is 34.8 Å². The second kappa shape index (κ2) is 15.3. The van der Waals surface area contributed by atoms with Gasteiger partial charge in [-0.3, -0.25) is 0 Å². The van der Waals surface area contributed by atoms with Crippen molar-refractivity contribution in [3.05, 3.63) is 188 Å². The molecule has 6 aromatic rings. The molecule has 8 N–H and O–H groups in total. The molecule has 0 bridgehead atoms. The normalized spacial score (nSPS) is 11.0. The minimum Gasteiger partial charge on any atom is -0.399 e. The van der Waals surface area contributed by atoms with Gasteiger partial charge in [0.05, 0.1) is 20.8 Å². The summed E-state index contributed by atoms with van der Waals surface area (Å²) in [4.78, 5) is 0. The maximum absolute atomic E-state index is 6.16. The number of benzene rings is 6. The summed E-state index contributed by atoms with van der Waals surface area (Å²) in [6, 6.07) is 47.1. The maximum Gasteiger partial charge on any atom is 0.0654 e. The van der Waals surface area contributed by atoms with Crippen LogP contribution in [-0.2, 0) is 24.7 Å². The lowest BCUT2D eigenvalue weighted by Crippen LogP contribution is -2.33. The summed E-state index contributed by atoms with van der Waals surface area (Å²) in [6.45, 7) is 0. The summed E-state index contributed by atoms with van der Waals surface area (Å²) in [5.74, 6) is 0. The van der Waals surface area contributed by atoms with Gasteiger partial charge in [0.2, 0.25) is 0 Å². The molecular weight excluding hydrogens is 643 g/mol. The SMILES string of the molecule is Nc1ccc(C(Cc2ccccc2)(Cc2ccccc2)c2ccc(N)cc2)cc1.Nc1ccccc1Cc1c(N)c(Cl)cc(Cl)c1Cl. The Morgan fingerprint density at radius 1 is 0.489 bits per heavy atom. The number of nitrogens with two attached hydrogens (primary N) is 4. The van der Waals surface area contributed by atoms with Crippen LogP contribution in [0.15, 0.2) is 140 Å². The van der Waals surface area contributed by atoms with Crippen molar-refractivity contribution in [3.8, 4) is 0 Å². The molecule has 0 amide bonds. The molecule has 6 rings (SSSR count). The van der Waals surface area contributed by atoms with Crippen LogP contribution in [0.1, 0.15) is 33.4 Å². The molecule has 0 unspecified atom stereocenters. The van der Waals surface area contributed by atoms with E-state index in [1.165, 1.54) is 22.3 Å². The molecule has 0 aromatic heterocycles. The lowest BCUT2D eigenvalue weighted by molar-refractivity contribution is 0.507. The predicted octanol–water partition coefficient (Wildman–Crippen LogP) is 10.0. The van der Waals surface area contributed by atoms with E-state index >= 15 is 0 Å². The van der Waals surface area contributed by atoms with E-state index in [0.717, 1.165) is 29.8 Å². The molecule has 0 aliphatic rings. The maximum atomic E-state index is 6.16. The molecule has 7 heteroatoms. The Labute approximate surface area is 291 Å². The van der Waals surface area contributed by atoms with Gasteiger partial charge in [0, 0.05) is 34.5 Å². The summed E-state index contributed by atoms with van der Waals surface area (Å²) in [5, 5.41) is 1.20. The van der Waals surface area contributed by atoms with Crippen LogP contribution in [0, 0.1) is 0 Å². The van der Waals surface area contributed by atoms with Crippen molar-refractivity contribution in [2.24, 2.45) is 0 Å². The Kier molecular flexibility index (Phi) is 11.0. The van der Waals surface area contributed by atoms with E-state index in [0.29, 0.717) is 38.4 Å². The van der Waals surface area contributed by atoms with Gasteiger partial charge in [0.15, 0.2) is 0 Å². The average molecular weight is 680 g/mol. The smallest absolute Gasteiger partial charge is 0.0654 e. The quantitative estimate of drug-likeness (QED) is 0.0949. The summed E-state index contributed by atoms with van der Waals surface area (Å²) in [5.41, 5.74) is 33.1.